The van der Waals surface area contributed by atoms with E-state index < -0.39 is 17.2 Å². The van der Waals surface area contributed by atoms with Crippen LogP contribution in [-0.2, 0) is 32.0 Å². The molecule has 10 nitrogen and oxygen atoms in total. The average Bonchev–Trinajstić information content (AvgIpc) is 3.11. The Hall–Kier alpha value is -3.43. The maximum absolute atomic E-state index is 12.6. The van der Waals surface area contributed by atoms with Crippen LogP contribution < -0.4 is 21.5 Å². The van der Waals surface area contributed by atoms with Gasteiger partial charge >= 0.3 is 5.69 Å². The number of amides is 1. The summed E-state index contributed by atoms with van der Waals surface area (Å²) in [5.74, 6) is 0.447. The third-order valence-corrected chi connectivity index (χ3v) is 4.89. The van der Waals surface area contributed by atoms with Crippen molar-refractivity contribution in [3.05, 3.63) is 51.1 Å². The standard InChI is InChI=1S/C19H25N7O3/c1-5-25(6-2)14-8-7-13(9-20-14)10-21-15(27)11-26-18(28)16-17(22-12-23(16)3)24(4)19(26)29/h7-9,12H,5-6,10-11H2,1-4H3,(H,21,27). The van der Waals surface area contributed by atoms with Crippen LogP contribution in [0.4, 0.5) is 5.82 Å². The minimum atomic E-state index is -0.582. The summed E-state index contributed by atoms with van der Waals surface area (Å²) in [6.07, 6.45) is 3.17. The van der Waals surface area contributed by atoms with Gasteiger partial charge in [0.2, 0.25) is 5.91 Å². The molecule has 29 heavy (non-hydrogen) atoms. The number of aryl methyl sites for hydroxylation is 2. The summed E-state index contributed by atoms with van der Waals surface area (Å²) in [4.78, 5) is 48.1. The van der Waals surface area contributed by atoms with Crippen molar-refractivity contribution in [1.82, 2.24) is 29.0 Å². The van der Waals surface area contributed by atoms with E-state index in [2.05, 4.69) is 34.0 Å². The summed E-state index contributed by atoms with van der Waals surface area (Å²) in [6.45, 7) is 5.75. The molecule has 0 saturated heterocycles. The van der Waals surface area contributed by atoms with Gasteiger partial charge in [-0.2, -0.15) is 0 Å². The maximum Gasteiger partial charge on any atom is 0.332 e. The number of imidazole rings is 1. The van der Waals surface area contributed by atoms with E-state index in [1.807, 2.05) is 12.1 Å². The molecule has 0 aliphatic rings. The van der Waals surface area contributed by atoms with Crippen LogP contribution in [0.15, 0.2) is 34.2 Å². The Morgan fingerprint density at radius 1 is 1.14 bits per heavy atom. The van der Waals surface area contributed by atoms with Gasteiger partial charge in [-0.15, -0.1) is 0 Å². The number of fused-ring (bicyclic) bond motifs is 1. The van der Waals surface area contributed by atoms with Crippen molar-refractivity contribution >= 4 is 22.9 Å². The van der Waals surface area contributed by atoms with Crippen molar-refractivity contribution in [3.8, 4) is 0 Å². The van der Waals surface area contributed by atoms with Crippen LogP contribution in [0.25, 0.3) is 11.2 Å². The predicted molar refractivity (Wildman–Crippen MR) is 110 cm³/mol. The summed E-state index contributed by atoms with van der Waals surface area (Å²) >= 11 is 0. The normalized spacial score (nSPS) is 11.0. The number of nitrogens with one attached hydrogen (secondary N) is 1. The number of carbonyl (C=O) groups excluding carboxylic acids is 1. The molecule has 0 fully saturated rings. The first-order chi connectivity index (χ1) is 13.9. The molecule has 0 aliphatic heterocycles. The third-order valence-electron chi connectivity index (χ3n) is 4.89. The van der Waals surface area contributed by atoms with Gasteiger partial charge in [0.15, 0.2) is 11.2 Å². The second kappa shape index (κ2) is 8.29. The Morgan fingerprint density at radius 3 is 2.48 bits per heavy atom. The van der Waals surface area contributed by atoms with E-state index in [0.29, 0.717) is 5.65 Å². The largest absolute Gasteiger partial charge is 0.357 e. The SMILES string of the molecule is CCN(CC)c1ccc(CNC(=O)Cn2c(=O)c3c(ncn3C)n(C)c2=O)cn1. The highest BCUT2D eigenvalue weighted by atomic mass is 16.2. The molecule has 0 unspecified atom stereocenters. The topological polar surface area (TPSA) is 107 Å². The molecule has 154 valence electrons. The monoisotopic (exact) mass is 399 g/mol. The predicted octanol–water partition coefficient (Wildman–Crippen LogP) is -0.00870. The van der Waals surface area contributed by atoms with Gasteiger partial charge in [-0.25, -0.2) is 19.3 Å². The van der Waals surface area contributed by atoms with E-state index in [9.17, 15) is 14.4 Å². The zero-order valence-electron chi connectivity index (χ0n) is 17.0. The smallest absolute Gasteiger partial charge is 0.332 e. The molecular formula is C19H25N7O3. The molecule has 0 saturated carbocycles. The minimum Gasteiger partial charge on any atom is -0.357 e. The van der Waals surface area contributed by atoms with Gasteiger partial charge in [-0.05, 0) is 25.5 Å². The highest BCUT2D eigenvalue weighted by Crippen LogP contribution is 2.10. The number of pyridine rings is 1. The Balaban J connectivity index is 1.73. The lowest BCUT2D eigenvalue weighted by Crippen LogP contribution is -2.43. The van der Waals surface area contributed by atoms with Gasteiger partial charge in [-0.1, -0.05) is 6.07 Å². The van der Waals surface area contributed by atoms with Crippen molar-refractivity contribution in [2.24, 2.45) is 14.1 Å². The van der Waals surface area contributed by atoms with Crippen LogP contribution in [0.5, 0.6) is 0 Å². The molecule has 0 aliphatic carbocycles. The molecule has 3 aromatic rings. The third kappa shape index (κ3) is 3.91. The molecule has 0 atom stereocenters. The molecular weight excluding hydrogens is 374 g/mol. The van der Waals surface area contributed by atoms with Gasteiger partial charge in [0.05, 0.1) is 6.33 Å². The van der Waals surface area contributed by atoms with E-state index in [0.717, 1.165) is 29.0 Å². The molecule has 3 heterocycles. The number of rotatable bonds is 7. The zero-order valence-corrected chi connectivity index (χ0v) is 17.0. The molecule has 1 amide bonds. The number of nitrogens with zero attached hydrogens (tertiary/aromatic N) is 6. The Morgan fingerprint density at radius 2 is 1.86 bits per heavy atom. The summed E-state index contributed by atoms with van der Waals surface area (Å²) in [7, 11) is 3.19. The Labute approximate surface area is 167 Å². The van der Waals surface area contributed by atoms with Crippen LogP contribution in [0, 0.1) is 0 Å². The highest BCUT2D eigenvalue weighted by molar-refractivity contribution is 5.76. The zero-order chi connectivity index (χ0) is 21.1. The van der Waals surface area contributed by atoms with Gasteiger partial charge < -0.3 is 14.8 Å². The van der Waals surface area contributed by atoms with Gasteiger partial charge in [0.1, 0.15) is 12.4 Å². The van der Waals surface area contributed by atoms with E-state index in [1.54, 1.807) is 13.2 Å². The molecule has 1 N–H and O–H groups in total. The molecule has 0 bridgehead atoms. The Kier molecular flexibility index (Phi) is 5.81. The van der Waals surface area contributed by atoms with Gasteiger partial charge in [0, 0.05) is 39.9 Å². The molecule has 3 aromatic heterocycles. The van der Waals surface area contributed by atoms with Crippen molar-refractivity contribution in [2.45, 2.75) is 26.9 Å². The number of anilines is 1. The van der Waals surface area contributed by atoms with Crippen molar-refractivity contribution < 1.29 is 4.79 Å². The van der Waals surface area contributed by atoms with E-state index in [1.165, 1.54) is 22.5 Å². The first-order valence-electron chi connectivity index (χ1n) is 9.44. The second-order valence-electron chi connectivity index (χ2n) is 6.73. The lowest BCUT2D eigenvalue weighted by Gasteiger charge is -2.19. The quantitative estimate of drug-likeness (QED) is 0.599. The lowest BCUT2D eigenvalue weighted by atomic mass is 10.2. The number of carbonyl (C=O) groups is 1. The molecule has 10 heteroatoms. The minimum absolute atomic E-state index is 0.257. The first kappa shape index (κ1) is 20.3. The van der Waals surface area contributed by atoms with E-state index in [4.69, 9.17) is 0 Å². The number of hydrogen-bond acceptors (Lipinski definition) is 6. The molecule has 3 rings (SSSR count). The van der Waals surface area contributed by atoms with Crippen LogP contribution >= 0.6 is 0 Å². The lowest BCUT2D eigenvalue weighted by molar-refractivity contribution is -0.121. The van der Waals surface area contributed by atoms with E-state index in [-0.39, 0.29) is 18.6 Å². The molecule has 0 radical (unpaired) electrons. The molecule has 0 spiro atoms. The number of aromatic nitrogens is 5. The van der Waals surface area contributed by atoms with Crippen LogP contribution in [0.2, 0.25) is 0 Å². The first-order valence-corrected chi connectivity index (χ1v) is 9.44. The van der Waals surface area contributed by atoms with Gasteiger partial charge in [-0.3, -0.25) is 14.2 Å². The summed E-state index contributed by atoms with van der Waals surface area (Å²) in [6, 6.07) is 3.80. The van der Waals surface area contributed by atoms with Crippen LogP contribution in [0.1, 0.15) is 19.4 Å². The van der Waals surface area contributed by atoms with Crippen LogP contribution in [-0.4, -0.2) is 42.7 Å². The summed E-state index contributed by atoms with van der Waals surface area (Å²) in [5, 5.41) is 2.73. The van der Waals surface area contributed by atoms with Crippen molar-refractivity contribution in [1.29, 1.82) is 0 Å². The fourth-order valence-electron chi connectivity index (χ4n) is 3.19. The summed E-state index contributed by atoms with van der Waals surface area (Å²) < 4.78 is 3.72. The van der Waals surface area contributed by atoms with Gasteiger partial charge in [0.25, 0.3) is 5.56 Å². The average molecular weight is 399 g/mol. The maximum atomic E-state index is 12.6. The van der Waals surface area contributed by atoms with E-state index >= 15 is 0 Å². The Bertz CT molecular complexity index is 1140. The van der Waals surface area contributed by atoms with Crippen molar-refractivity contribution in [3.63, 3.8) is 0 Å². The number of hydrogen-bond donors (Lipinski definition) is 1. The van der Waals surface area contributed by atoms with Crippen LogP contribution in [0.3, 0.4) is 0 Å². The highest BCUT2D eigenvalue weighted by Gasteiger charge is 2.16. The summed E-state index contributed by atoms with van der Waals surface area (Å²) in [5.41, 5.74) is 0.274. The fraction of sp³-hybridized carbons (Fsp3) is 0.421. The fourth-order valence-corrected chi connectivity index (χ4v) is 3.19. The molecule has 0 aromatic carbocycles. The second-order valence-corrected chi connectivity index (χ2v) is 6.73. The van der Waals surface area contributed by atoms with Crippen molar-refractivity contribution in [2.75, 3.05) is 18.0 Å².